The largest absolute Gasteiger partial charge is 0.364 e. The molecule has 0 unspecified atom stereocenters. The third kappa shape index (κ3) is 3.37. The van der Waals surface area contributed by atoms with Gasteiger partial charge in [0.1, 0.15) is 12.0 Å². The van der Waals surface area contributed by atoms with Gasteiger partial charge in [-0.05, 0) is 0 Å². The Balaban J connectivity index is 1.56. The number of aromatic nitrogens is 3. The Labute approximate surface area is 129 Å². The Morgan fingerprint density at radius 1 is 1.27 bits per heavy atom. The third-order valence-corrected chi connectivity index (χ3v) is 5.66. The Morgan fingerprint density at radius 3 is 2.64 bits per heavy atom. The van der Waals surface area contributed by atoms with Crippen LogP contribution < -0.4 is 0 Å². The maximum atomic E-state index is 12.3. The highest BCUT2D eigenvalue weighted by molar-refractivity contribution is 7.88. The van der Waals surface area contributed by atoms with E-state index in [1.165, 1.54) is 10.6 Å². The summed E-state index contributed by atoms with van der Waals surface area (Å²) in [5.74, 6) is -0.106. The van der Waals surface area contributed by atoms with Crippen molar-refractivity contribution in [2.24, 2.45) is 7.05 Å². The lowest BCUT2D eigenvalue weighted by Crippen LogP contribution is -2.48. The molecule has 0 spiro atoms. The molecule has 22 heavy (non-hydrogen) atoms. The Hall–Kier alpha value is -1.71. The molecule has 120 valence electrons. The zero-order valence-electron chi connectivity index (χ0n) is 12.4. The van der Waals surface area contributed by atoms with Crippen LogP contribution in [0, 0.1) is 0 Å². The SMILES string of the molecule is Cn1cncc1CN1CCN(S(=O)(=O)Cc2ccon2)CC1. The van der Waals surface area contributed by atoms with Gasteiger partial charge >= 0.3 is 0 Å². The van der Waals surface area contributed by atoms with Crippen LogP contribution in [0.3, 0.4) is 0 Å². The second kappa shape index (κ2) is 6.19. The fourth-order valence-corrected chi connectivity index (χ4v) is 3.95. The van der Waals surface area contributed by atoms with E-state index in [1.807, 2.05) is 17.8 Å². The first-order valence-corrected chi connectivity index (χ1v) is 8.70. The van der Waals surface area contributed by atoms with Crippen molar-refractivity contribution in [2.45, 2.75) is 12.3 Å². The average molecular weight is 325 g/mol. The molecule has 9 heteroatoms. The average Bonchev–Trinajstić information content (AvgIpc) is 3.12. The molecule has 3 heterocycles. The smallest absolute Gasteiger partial charge is 0.220 e. The van der Waals surface area contributed by atoms with Gasteiger partial charge in [-0.1, -0.05) is 5.16 Å². The normalized spacial score (nSPS) is 17.9. The van der Waals surface area contributed by atoms with E-state index in [2.05, 4.69) is 19.6 Å². The molecule has 1 saturated heterocycles. The zero-order chi connectivity index (χ0) is 15.6. The van der Waals surface area contributed by atoms with Gasteiger partial charge in [0.05, 0.1) is 17.7 Å². The van der Waals surface area contributed by atoms with Gasteiger partial charge in [-0.15, -0.1) is 0 Å². The number of imidazole rings is 1. The van der Waals surface area contributed by atoms with Crippen molar-refractivity contribution in [1.82, 2.24) is 23.9 Å². The van der Waals surface area contributed by atoms with Crippen LogP contribution in [-0.4, -0.2) is 58.5 Å². The molecule has 0 N–H and O–H groups in total. The second-order valence-corrected chi connectivity index (χ2v) is 7.39. The number of hydrogen-bond acceptors (Lipinski definition) is 6. The van der Waals surface area contributed by atoms with Crippen LogP contribution in [0.25, 0.3) is 0 Å². The standard InChI is InChI=1S/C13H19N5O3S/c1-16-11-14-8-13(16)9-17-3-5-18(6-4-17)22(19,20)10-12-2-7-21-15-12/h2,7-8,11H,3-6,9-10H2,1H3. The van der Waals surface area contributed by atoms with Crippen LogP contribution in [0.4, 0.5) is 0 Å². The van der Waals surface area contributed by atoms with E-state index in [1.54, 1.807) is 12.4 Å². The van der Waals surface area contributed by atoms with Crippen molar-refractivity contribution in [3.63, 3.8) is 0 Å². The summed E-state index contributed by atoms with van der Waals surface area (Å²) in [6.45, 7) is 3.20. The molecular formula is C13H19N5O3S. The zero-order valence-corrected chi connectivity index (χ0v) is 13.2. The first-order valence-electron chi connectivity index (χ1n) is 7.09. The lowest BCUT2D eigenvalue weighted by molar-refractivity contribution is 0.178. The van der Waals surface area contributed by atoms with Gasteiger partial charge in [-0.3, -0.25) is 4.90 Å². The number of aryl methyl sites for hydroxylation is 1. The summed E-state index contributed by atoms with van der Waals surface area (Å²) in [5, 5.41) is 3.67. The number of rotatable bonds is 5. The molecule has 1 fully saturated rings. The van der Waals surface area contributed by atoms with E-state index in [0.717, 1.165) is 12.2 Å². The number of nitrogens with zero attached hydrogens (tertiary/aromatic N) is 5. The molecule has 8 nitrogen and oxygen atoms in total. The molecule has 2 aromatic heterocycles. The lowest BCUT2D eigenvalue weighted by atomic mass is 10.3. The fourth-order valence-electron chi connectivity index (χ4n) is 2.52. The Morgan fingerprint density at radius 2 is 2.05 bits per heavy atom. The Kier molecular flexibility index (Phi) is 4.27. The van der Waals surface area contributed by atoms with Gasteiger partial charge < -0.3 is 9.09 Å². The minimum absolute atomic E-state index is 0.106. The van der Waals surface area contributed by atoms with E-state index < -0.39 is 10.0 Å². The van der Waals surface area contributed by atoms with E-state index in [-0.39, 0.29) is 5.75 Å². The predicted molar refractivity (Wildman–Crippen MR) is 79.2 cm³/mol. The van der Waals surface area contributed by atoms with Gasteiger partial charge in [0, 0.05) is 52.0 Å². The van der Waals surface area contributed by atoms with Gasteiger partial charge in [0.25, 0.3) is 0 Å². The van der Waals surface area contributed by atoms with Crippen LogP contribution in [0.2, 0.25) is 0 Å². The number of sulfonamides is 1. The third-order valence-electron chi connectivity index (χ3n) is 3.85. The van der Waals surface area contributed by atoms with Gasteiger partial charge in [-0.2, -0.15) is 4.31 Å². The molecule has 0 atom stereocenters. The minimum Gasteiger partial charge on any atom is -0.364 e. The topological polar surface area (TPSA) is 84.5 Å². The van der Waals surface area contributed by atoms with Gasteiger partial charge in [-0.25, -0.2) is 13.4 Å². The summed E-state index contributed by atoms with van der Waals surface area (Å²) < 4.78 is 32.9. The van der Waals surface area contributed by atoms with Crippen molar-refractivity contribution in [3.05, 3.63) is 36.2 Å². The lowest BCUT2D eigenvalue weighted by Gasteiger charge is -2.33. The van der Waals surface area contributed by atoms with Gasteiger partial charge in [0.15, 0.2) is 0 Å². The monoisotopic (exact) mass is 325 g/mol. The van der Waals surface area contributed by atoms with Crippen molar-refractivity contribution in [3.8, 4) is 0 Å². The van der Waals surface area contributed by atoms with Crippen LogP contribution in [0.15, 0.2) is 29.4 Å². The second-order valence-electron chi connectivity index (χ2n) is 5.42. The quantitative estimate of drug-likeness (QED) is 0.773. The summed E-state index contributed by atoms with van der Waals surface area (Å²) >= 11 is 0. The van der Waals surface area contributed by atoms with Gasteiger partial charge in [0.2, 0.25) is 10.0 Å². The van der Waals surface area contributed by atoms with Crippen LogP contribution in [-0.2, 0) is 29.4 Å². The minimum atomic E-state index is -3.33. The molecule has 1 aliphatic rings. The van der Waals surface area contributed by atoms with Crippen molar-refractivity contribution in [1.29, 1.82) is 0 Å². The molecule has 0 bridgehead atoms. The maximum absolute atomic E-state index is 12.3. The first-order chi connectivity index (χ1) is 10.5. The van der Waals surface area contributed by atoms with Crippen molar-refractivity contribution in [2.75, 3.05) is 26.2 Å². The van der Waals surface area contributed by atoms with E-state index in [4.69, 9.17) is 0 Å². The summed E-state index contributed by atoms with van der Waals surface area (Å²) in [7, 11) is -1.37. The van der Waals surface area contributed by atoms with Crippen molar-refractivity contribution < 1.29 is 12.9 Å². The summed E-state index contributed by atoms with van der Waals surface area (Å²) in [4.78, 5) is 6.33. The van der Waals surface area contributed by atoms with Crippen molar-refractivity contribution >= 4 is 10.0 Å². The summed E-state index contributed by atoms with van der Waals surface area (Å²) in [6.07, 6.45) is 5.00. The Bertz CT molecular complexity index is 702. The molecule has 0 aliphatic carbocycles. The van der Waals surface area contributed by atoms with E-state index in [0.29, 0.717) is 31.9 Å². The highest BCUT2D eigenvalue weighted by atomic mass is 32.2. The van der Waals surface area contributed by atoms with E-state index >= 15 is 0 Å². The molecule has 0 aromatic carbocycles. The molecule has 0 saturated carbocycles. The molecule has 0 radical (unpaired) electrons. The maximum Gasteiger partial charge on any atom is 0.220 e. The molecule has 0 amide bonds. The summed E-state index contributed by atoms with van der Waals surface area (Å²) in [6, 6.07) is 1.58. The molecular weight excluding hydrogens is 306 g/mol. The molecule has 1 aliphatic heterocycles. The van der Waals surface area contributed by atoms with Crippen LogP contribution in [0.1, 0.15) is 11.4 Å². The molecule has 3 rings (SSSR count). The fraction of sp³-hybridized carbons (Fsp3) is 0.538. The predicted octanol–water partition coefficient (Wildman–Crippen LogP) is 0.0557. The first kappa shape index (κ1) is 15.2. The highest BCUT2D eigenvalue weighted by Crippen LogP contribution is 2.14. The number of hydrogen-bond donors (Lipinski definition) is 0. The van der Waals surface area contributed by atoms with Crippen LogP contribution in [0.5, 0.6) is 0 Å². The summed E-state index contributed by atoms with van der Waals surface area (Å²) in [5.41, 5.74) is 1.57. The number of piperazine rings is 1. The highest BCUT2D eigenvalue weighted by Gasteiger charge is 2.28. The van der Waals surface area contributed by atoms with E-state index in [9.17, 15) is 8.42 Å². The molecule has 2 aromatic rings. The van der Waals surface area contributed by atoms with Crippen LogP contribution >= 0.6 is 0 Å².